The summed E-state index contributed by atoms with van der Waals surface area (Å²) in [6.07, 6.45) is 8.19. The topological polar surface area (TPSA) is 65.1 Å². The van der Waals surface area contributed by atoms with Crippen molar-refractivity contribution in [3.8, 4) is 0 Å². The second kappa shape index (κ2) is 6.12. The van der Waals surface area contributed by atoms with Crippen molar-refractivity contribution in [1.82, 2.24) is 19.9 Å². The normalized spacial score (nSPS) is 19.3. The third-order valence-corrected chi connectivity index (χ3v) is 5.56. The summed E-state index contributed by atoms with van der Waals surface area (Å²) in [7, 11) is 0. The first-order valence-electron chi connectivity index (χ1n) is 9.19. The van der Waals surface area contributed by atoms with E-state index in [9.17, 15) is 4.79 Å². The molecule has 6 nitrogen and oxygen atoms in total. The Balaban J connectivity index is 1.43. The van der Waals surface area contributed by atoms with Crippen molar-refractivity contribution < 1.29 is 4.79 Å². The maximum absolute atomic E-state index is 13.1. The summed E-state index contributed by atoms with van der Waals surface area (Å²) < 4.78 is 0. The highest BCUT2D eigenvalue weighted by Crippen LogP contribution is 2.32. The molecule has 2 aliphatic heterocycles. The Morgan fingerprint density at radius 3 is 3.08 bits per heavy atom. The number of H-pyrrole nitrogens is 1. The number of fused-ring (bicyclic) bond motifs is 4. The fourth-order valence-electron chi connectivity index (χ4n) is 4.28. The van der Waals surface area contributed by atoms with Gasteiger partial charge in [-0.2, -0.15) is 0 Å². The van der Waals surface area contributed by atoms with Gasteiger partial charge in [-0.3, -0.25) is 9.78 Å². The Morgan fingerprint density at radius 2 is 2.12 bits per heavy atom. The molecule has 2 aliphatic rings. The summed E-state index contributed by atoms with van der Waals surface area (Å²) in [6, 6.07) is 8.45. The minimum atomic E-state index is 0.153. The van der Waals surface area contributed by atoms with Crippen LogP contribution in [0.1, 0.15) is 24.1 Å². The molecule has 1 N–H and O–H groups in total. The van der Waals surface area contributed by atoms with Crippen LogP contribution in [-0.4, -0.2) is 44.9 Å². The first kappa shape index (κ1) is 15.4. The van der Waals surface area contributed by atoms with Crippen molar-refractivity contribution in [2.45, 2.75) is 31.8 Å². The van der Waals surface area contributed by atoms with Crippen molar-refractivity contribution in [2.24, 2.45) is 0 Å². The highest BCUT2D eigenvalue weighted by Gasteiger charge is 2.33. The fraction of sp³-hybridized carbons (Fsp3) is 0.350. The number of nitrogens with one attached hydrogen (secondary N) is 1. The number of hydrogen-bond acceptors (Lipinski definition) is 4. The number of nitrogens with zero attached hydrogens (tertiary/aromatic N) is 4. The Hall–Kier alpha value is -2.89. The monoisotopic (exact) mass is 347 g/mol. The summed E-state index contributed by atoms with van der Waals surface area (Å²) in [5.74, 6) is 0.153. The molecule has 6 heteroatoms. The van der Waals surface area contributed by atoms with Crippen molar-refractivity contribution in [2.75, 3.05) is 18.0 Å². The van der Waals surface area contributed by atoms with Gasteiger partial charge in [-0.05, 0) is 42.7 Å². The van der Waals surface area contributed by atoms with E-state index in [4.69, 9.17) is 0 Å². The minimum absolute atomic E-state index is 0.153. The molecule has 3 aromatic heterocycles. The van der Waals surface area contributed by atoms with Gasteiger partial charge in [-0.25, -0.2) is 4.98 Å². The van der Waals surface area contributed by atoms with Crippen LogP contribution in [0.2, 0.25) is 0 Å². The molecule has 5 heterocycles. The van der Waals surface area contributed by atoms with Gasteiger partial charge in [0.15, 0.2) is 0 Å². The van der Waals surface area contributed by atoms with Gasteiger partial charge in [-0.1, -0.05) is 0 Å². The van der Waals surface area contributed by atoms with E-state index in [1.807, 2.05) is 35.5 Å². The average molecular weight is 347 g/mol. The molecule has 0 bridgehead atoms. The number of hydrogen-bond donors (Lipinski definition) is 1. The number of amides is 1. The molecule has 0 radical (unpaired) electrons. The second-order valence-corrected chi connectivity index (χ2v) is 7.12. The average Bonchev–Trinajstić information content (AvgIpc) is 3.26. The first-order valence-corrected chi connectivity index (χ1v) is 9.19. The lowest BCUT2D eigenvalue weighted by molar-refractivity contribution is -0.131. The predicted molar refractivity (Wildman–Crippen MR) is 99.8 cm³/mol. The van der Waals surface area contributed by atoms with Gasteiger partial charge in [0.2, 0.25) is 5.91 Å². The van der Waals surface area contributed by atoms with Crippen LogP contribution in [0.4, 0.5) is 5.69 Å². The Bertz CT molecular complexity index is 965. The van der Waals surface area contributed by atoms with E-state index in [0.717, 1.165) is 41.8 Å². The minimum Gasteiger partial charge on any atom is -0.365 e. The lowest BCUT2D eigenvalue weighted by atomic mass is 10.1. The number of aromatic nitrogens is 3. The van der Waals surface area contributed by atoms with E-state index >= 15 is 0 Å². The molecule has 5 rings (SSSR count). The van der Waals surface area contributed by atoms with E-state index < -0.39 is 0 Å². The molecule has 0 unspecified atom stereocenters. The summed E-state index contributed by atoms with van der Waals surface area (Å²) in [4.78, 5) is 29.6. The van der Waals surface area contributed by atoms with E-state index in [-0.39, 0.29) is 5.91 Å². The summed E-state index contributed by atoms with van der Waals surface area (Å²) in [5, 5.41) is 1.02. The highest BCUT2D eigenvalue weighted by atomic mass is 16.2. The standard InChI is InChI=1S/C20H21N5O/c26-19(10-14-11-23-20-16(14)5-1-8-22-20)24-12-15-4-3-9-25(15)18-6-2-7-21-17(18)13-24/h1-2,5-8,11,15H,3-4,9-10,12-13H2,(H,22,23)/t15-/m0/s1. The molecule has 132 valence electrons. The molecule has 1 fully saturated rings. The molecule has 0 aromatic carbocycles. The molecule has 3 aromatic rings. The van der Waals surface area contributed by atoms with Gasteiger partial charge < -0.3 is 14.8 Å². The smallest absolute Gasteiger partial charge is 0.227 e. The third kappa shape index (κ3) is 2.53. The number of aromatic amines is 1. The zero-order chi connectivity index (χ0) is 17.5. The van der Waals surface area contributed by atoms with Gasteiger partial charge in [0.05, 0.1) is 24.3 Å². The first-order chi connectivity index (χ1) is 12.8. The van der Waals surface area contributed by atoms with Crippen LogP contribution in [0.3, 0.4) is 0 Å². The summed E-state index contributed by atoms with van der Waals surface area (Å²) in [6.45, 7) is 2.41. The van der Waals surface area contributed by atoms with E-state index in [2.05, 4.69) is 25.9 Å². The predicted octanol–water partition coefficient (Wildman–Crippen LogP) is 2.51. The van der Waals surface area contributed by atoms with E-state index in [0.29, 0.717) is 19.0 Å². The third-order valence-electron chi connectivity index (χ3n) is 5.56. The van der Waals surface area contributed by atoms with Gasteiger partial charge >= 0.3 is 0 Å². The number of anilines is 1. The SMILES string of the molecule is O=C(Cc1c[nH]c2ncccc12)N1Cc2ncccc2N2CCC[C@H]2C1. The van der Waals surface area contributed by atoms with Crippen molar-refractivity contribution in [1.29, 1.82) is 0 Å². The number of pyridine rings is 2. The number of carbonyl (C=O) groups is 1. The van der Waals surface area contributed by atoms with E-state index in [1.54, 1.807) is 6.20 Å². The van der Waals surface area contributed by atoms with Crippen molar-refractivity contribution >= 4 is 22.6 Å². The lowest BCUT2D eigenvalue weighted by Crippen LogP contribution is -2.40. The van der Waals surface area contributed by atoms with Crippen LogP contribution in [-0.2, 0) is 17.8 Å². The number of rotatable bonds is 2. The Morgan fingerprint density at radius 1 is 1.23 bits per heavy atom. The van der Waals surface area contributed by atoms with Crippen LogP contribution in [0.25, 0.3) is 11.0 Å². The van der Waals surface area contributed by atoms with Gasteiger partial charge in [-0.15, -0.1) is 0 Å². The van der Waals surface area contributed by atoms with Crippen LogP contribution >= 0.6 is 0 Å². The molecule has 1 saturated heterocycles. The van der Waals surface area contributed by atoms with Crippen molar-refractivity contribution in [3.05, 3.63) is 54.1 Å². The van der Waals surface area contributed by atoms with Crippen LogP contribution in [0, 0.1) is 0 Å². The zero-order valence-corrected chi connectivity index (χ0v) is 14.6. The number of carbonyl (C=O) groups excluding carboxylic acids is 1. The fourth-order valence-corrected chi connectivity index (χ4v) is 4.28. The van der Waals surface area contributed by atoms with Crippen LogP contribution in [0.15, 0.2) is 42.9 Å². The van der Waals surface area contributed by atoms with Crippen LogP contribution < -0.4 is 4.90 Å². The van der Waals surface area contributed by atoms with Crippen LogP contribution in [0.5, 0.6) is 0 Å². The Kier molecular flexibility index (Phi) is 3.62. The molecule has 1 atom stereocenters. The molecule has 1 amide bonds. The Labute approximate surface area is 151 Å². The second-order valence-electron chi connectivity index (χ2n) is 7.12. The molecule has 0 spiro atoms. The maximum atomic E-state index is 13.1. The summed E-state index contributed by atoms with van der Waals surface area (Å²) >= 11 is 0. The quantitative estimate of drug-likeness (QED) is 0.774. The zero-order valence-electron chi connectivity index (χ0n) is 14.6. The maximum Gasteiger partial charge on any atom is 0.227 e. The lowest BCUT2D eigenvalue weighted by Gasteiger charge is -2.27. The molecule has 0 saturated carbocycles. The van der Waals surface area contributed by atoms with E-state index in [1.165, 1.54) is 12.1 Å². The van der Waals surface area contributed by atoms with Crippen molar-refractivity contribution in [3.63, 3.8) is 0 Å². The molecular weight excluding hydrogens is 326 g/mol. The van der Waals surface area contributed by atoms with Gasteiger partial charge in [0.1, 0.15) is 5.65 Å². The molecule has 0 aliphatic carbocycles. The molecular formula is C20H21N5O. The highest BCUT2D eigenvalue weighted by molar-refractivity contribution is 5.87. The molecule has 26 heavy (non-hydrogen) atoms. The van der Waals surface area contributed by atoms with Gasteiger partial charge in [0, 0.05) is 43.1 Å². The largest absolute Gasteiger partial charge is 0.365 e. The van der Waals surface area contributed by atoms with Gasteiger partial charge in [0.25, 0.3) is 0 Å². The summed E-state index contributed by atoms with van der Waals surface area (Å²) in [5.41, 5.74) is 4.04.